The first kappa shape index (κ1) is 29.9. The van der Waals surface area contributed by atoms with Gasteiger partial charge in [0.25, 0.3) is 0 Å². The van der Waals surface area contributed by atoms with Crippen molar-refractivity contribution in [2.24, 2.45) is 17.8 Å². The summed E-state index contributed by atoms with van der Waals surface area (Å²) in [6, 6.07) is 0. The van der Waals surface area contributed by atoms with Gasteiger partial charge in [-0.2, -0.15) is 0 Å². The molecule has 0 amide bonds. The second-order valence-corrected chi connectivity index (χ2v) is 11.3. The van der Waals surface area contributed by atoms with Crippen LogP contribution in [0, 0.1) is 17.8 Å². The van der Waals surface area contributed by atoms with Crippen molar-refractivity contribution in [1.29, 1.82) is 0 Å². The lowest BCUT2D eigenvalue weighted by molar-refractivity contribution is -0.0691. The first-order valence-corrected chi connectivity index (χ1v) is 13.3. The Balaban J connectivity index is 0.000000584. The molecule has 0 radical (unpaired) electrons. The van der Waals surface area contributed by atoms with E-state index in [4.69, 9.17) is 9.47 Å². The van der Waals surface area contributed by atoms with Crippen molar-refractivity contribution >= 4 is 0 Å². The lowest BCUT2D eigenvalue weighted by Crippen LogP contribution is -2.31. The van der Waals surface area contributed by atoms with Crippen molar-refractivity contribution in [1.82, 2.24) is 0 Å². The summed E-state index contributed by atoms with van der Waals surface area (Å²) in [5.74, 6) is 2.95. The molecule has 2 heteroatoms. The summed E-state index contributed by atoms with van der Waals surface area (Å²) in [5.41, 5.74) is -0.0664. The van der Waals surface area contributed by atoms with E-state index in [-0.39, 0.29) is 11.7 Å². The van der Waals surface area contributed by atoms with Crippen molar-refractivity contribution in [3.05, 3.63) is 0 Å². The molecule has 0 heterocycles. The lowest BCUT2D eigenvalue weighted by atomic mass is 9.84. The molecule has 0 bridgehead atoms. The van der Waals surface area contributed by atoms with Crippen LogP contribution in [0.1, 0.15) is 139 Å². The van der Waals surface area contributed by atoms with E-state index in [1.165, 1.54) is 70.6 Å². The molecular formula is C28H58O2. The Morgan fingerprint density at radius 1 is 0.833 bits per heavy atom. The van der Waals surface area contributed by atoms with Crippen LogP contribution in [-0.2, 0) is 9.47 Å². The monoisotopic (exact) mass is 426 g/mol. The third kappa shape index (κ3) is 18.7. The van der Waals surface area contributed by atoms with Gasteiger partial charge in [-0.1, -0.05) is 91.4 Å². The van der Waals surface area contributed by atoms with E-state index in [2.05, 4.69) is 55.4 Å². The fourth-order valence-electron chi connectivity index (χ4n) is 4.90. The van der Waals surface area contributed by atoms with Crippen molar-refractivity contribution in [2.75, 3.05) is 6.61 Å². The third-order valence-corrected chi connectivity index (χ3v) is 6.33. The fraction of sp³-hybridized carbons (Fsp3) is 1.00. The molecule has 1 fully saturated rings. The van der Waals surface area contributed by atoms with Crippen molar-refractivity contribution in [2.45, 2.75) is 157 Å². The Kier molecular flexibility index (Phi) is 17.4. The summed E-state index contributed by atoms with van der Waals surface area (Å²) in [5, 5.41) is 0. The van der Waals surface area contributed by atoms with Gasteiger partial charge in [-0.25, -0.2) is 0 Å². The average Bonchev–Trinajstić information content (AvgIpc) is 2.61. The molecule has 1 rings (SSSR count). The molecule has 182 valence electrons. The second kappa shape index (κ2) is 17.5. The number of ether oxygens (including phenoxy) is 2. The smallest absolute Gasteiger partial charge is 0.0650 e. The van der Waals surface area contributed by atoms with Crippen LogP contribution in [0.25, 0.3) is 0 Å². The van der Waals surface area contributed by atoms with Crippen LogP contribution in [0.2, 0.25) is 0 Å². The second-order valence-electron chi connectivity index (χ2n) is 11.3. The highest BCUT2D eigenvalue weighted by atomic mass is 16.5. The highest BCUT2D eigenvalue weighted by Crippen LogP contribution is 2.29. The van der Waals surface area contributed by atoms with Gasteiger partial charge in [0.1, 0.15) is 0 Å². The maximum absolute atomic E-state index is 5.65. The summed E-state index contributed by atoms with van der Waals surface area (Å²) in [6.45, 7) is 20.4. The standard InChI is InChI=1S/C17H34.C11H24O2/c1-15(2)9-7-10-16(3)11-8-14-17-12-5-4-6-13-17;1-7-12-11(5,6)8-10(4)13-9(2)3/h15-17H,4-14H2,1-3H3;9-10H,7-8H2,1-6H3. The van der Waals surface area contributed by atoms with Crippen LogP contribution in [0.5, 0.6) is 0 Å². The number of hydrogen-bond donors (Lipinski definition) is 0. The summed E-state index contributed by atoms with van der Waals surface area (Å²) >= 11 is 0. The minimum atomic E-state index is -0.0664. The SMILES string of the molecule is CC(C)CCCC(C)CCCC1CCCCC1.CCOC(C)(C)CC(C)OC(C)C. The van der Waals surface area contributed by atoms with Crippen LogP contribution in [-0.4, -0.2) is 24.4 Å². The Morgan fingerprint density at radius 3 is 1.97 bits per heavy atom. The summed E-state index contributed by atoms with van der Waals surface area (Å²) < 4.78 is 11.3. The molecule has 1 aliphatic rings. The van der Waals surface area contributed by atoms with Crippen LogP contribution in [0.3, 0.4) is 0 Å². The van der Waals surface area contributed by atoms with Crippen LogP contribution >= 0.6 is 0 Å². The Morgan fingerprint density at radius 2 is 1.43 bits per heavy atom. The van der Waals surface area contributed by atoms with E-state index in [1.54, 1.807) is 0 Å². The molecule has 0 aromatic heterocycles. The molecule has 2 unspecified atom stereocenters. The summed E-state index contributed by atoms with van der Waals surface area (Å²) in [6.07, 6.45) is 17.9. The molecule has 0 saturated heterocycles. The maximum atomic E-state index is 5.65. The van der Waals surface area contributed by atoms with Crippen LogP contribution in [0.4, 0.5) is 0 Å². The van der Waals surface area contributed by atoms with Gasteiger partial charge in [0.05, 0.1) is 17.8 Å². The van der Waals surface area contributed by atoms with Gasteiger partial charge in [0.2, 0.25) is 0 Å². The van der Waals surface area contributed by atoms with Gasteiger partial charge in [0, 0.05) is 13.0 Å². The largest absolute Gasteiger partial charge is 0.376 e. The van der Waals surface area contributed by atoms with Crippen molar-refractivity contribution in [3.8, 4) is 0 Å². The fourth-order valence-corrected chi connectivity index (χ4v) is 4.90. The van der Waals surface area contributed by atoms with Crippen molar-refractivity contribution < 1.29 is 9.47 Å². The summed E-state index contributed by atoms with van der Waals surface area (Å²) in [7, 11) is 0. The zero-order valence-electron chi connectivity index (χ0n) is 22.4. The molecular weight excluding hydrogens is 368 g/mol. The minimum absolute atomic E-state index is 0.0664. The predicted octanol–water partition coefficient (Wildman–Crippen LogP) is 9.20. The minimum Gasteiger partial charge on any atom is -0.376 e. The molecule has 0 aliphatic heterocycles. The Labute approximate surface area is 191 Å². The molecule has 0 aromatic carbocycles. The van der Waals surface area contributed by atoms with E-state index in [9.17, 15) is 0 Å². The maximum Gasteiger partial charge on any atom is 0.0650 e. The van der Waals surface area contributed by atoms with Crippen LogP contribution in [0.15, 0.2) is 0 Å². The van der Waals surface area contributed by atoms with Gasteiger partial charge < -0.3 is 9.47 Å². The van der Waals surface area contributed by atoms with Gasteiger partial charge in [-0.15, -0.1) is 0 Å². The quantitative estimate of drug-likeness (QED) is 0.275. The van der Waals surface area contributed by atoms with Gasteiger partial charge in [-0.3, -0.25) is 0 Å². The molecule has 1 saturated carbocycles. The molecule has 2 nitrogen and oxygen atoms in total. The van der Waals surface area contributed by atoms with E-state index in [0.717, 1.165) is 30.8 Å². The first-order chi connectivity index (χ1) is 14.1. The van der Waals surface area contributed by atoms with Crippen molar-refractivity contribution in [3.63, 3.8) is 0 Å². The zero-order chi connectivity index (χ0) is 23.0. The van der Waals surface area contributed by atoms with Gasteiger partial charge in [-0.05, 0) is 59.3 Å². The summed E-state index contributed by atoms with van der Waals surface area (Å²) in [4.78, 5) is 0. The highest BCUT2D eigenvalue weighted by Gasteiger charge is 2.21. The molecule has 0 N–H and O–H groups in total. The predicted molar refractivity (Wildman–Crippen MR) is 134 cm³/mol. The molecule has 0 aromatic rings. The number of hydrogen-bond acceptors (Lipinski definition) is 2. The third-order valence-electron chi connectivity index (χ3n) is 6.33. The van der Waals surface area contributed by atoms with E-state index in [1.807, 2.05) is 6.92 Å². The van der Waals surface area contributed by atoms with E-state index < -0.39 is 0 Å². The molecule has 0 spiro atoms. The van der Waals surface area contributed by atoms with E-state index >= 15 is 0 Å². The molecule has 1 aliphatic carbocycles. The average molecular weight is 427 g/mol. The Bertz CT molecular complexity index is 369. The van der Waals surface area contributed by atoms with Gasteiger partial charge >= 0.3 is 0 Å². The molecule has 30 heavy (non-hydrogen) atoms. The highest BCUT2D eigenvalue weighted by molar-refractivity contribution is 4.72. The Hall–Kier alpha value is -0.0800. The topological polar surface area (TPSA) is 18.5 Å². The normalized spacial score (nSPS) is 17.7. The first-order valence-electron chi connectivity index (χ1n) is 13.3. The number of rotatable bonds is 14. The van der Waals surface area contributed by atoms with Gasteiger partial charge in [0.15, 0.2) is 0 Å². The lowest BCUT2D eigenvalue weighted by Gasteiger charge is -2.28. The zero-order valence-corrected chi connectivity index (χ0v) is 22.4. The molecule has 2 atom stereocenters. The van der Waals surface area contributed by atoms with E-state index in [0.29, 0.717) is 6.10 Å². The van der Waals surface area contributed by atoms with Crippen LogP contribution < -0.4 is 0 Å².